The summed E-state index contributed by atoms with van der Waals surface area (Å²) in [5.41, 5.74) is 1.69. The van der Waals surface area contributed by atoms with Crippen molar-refractivity contribution in [3.63, 3.8) is 0 Å². The summed E-state index contributed by atoms with van der Waals surface area (Å²) in [6, 6.07) is 16.8. The largest absolute Gasteiger partial charge is 0.496 e. The summed E-state index contributed by atoms with van der Waals surface area (Å²) in [5, 5.41) is 11.7. The van der Waals surface area contributed by atoms with E-state index in [4.69, 9.17) is 14.3 Å². The van der Waals surface area contributed by atoms with Gasteiger partial charge >= 0.3 is 5.97 Å². The molecule has 3 aromatic rings. The third kappa shape index (κ3) is 3.53. The quantitative estimate of drug-likeness (QED) is 0.737. The molecular formula is C19H15NO5. The molecule has 0 atom stereocenters. The number of methoxy groups -OCH3 is 1. The van der Waals surface area contributed by atoms with Gasteiger partial charge in [-0.1, -0.05) is 18.2 Å². The molecule has 0 aliphatic rings. The predicted molar refractivity (Wildman–Crippen MR) is 92.1 cm³/mol. The van der Waals surface area contributed by atoms with Crippen molar-refractivity contribution >= 4 is 17.6 Å². The lowest BCUT2D eigenvalue weighted by Gasteiger charge is -2.10. The molecule has 2 N–H and O–H groups in total. The van der Waals surface area contributed by atoms with Gasteiger partial charge in [0.15, 0.2) is 0 Å². The van der Waals surface area contributed by atoms with Crippen molar-refractivity contribution in [1.82, 2.24) is 0 Å². The van der Waals surface area contributed by atoms with Gasteiger partial charge in [-0.25, -0.2) is 4.79 Å². The van der Waals surface area contributed by atoms with E-state index < -0.39 is 5.97 Å². The van der Waals surface area contributed by atoms with Crippen molar-refractivity contribution in [2.75, 3.05) is 12.4 Å². The van der Waals surface area contributed by atoms with Crippen molar-refractivity contribution in [1.29, 1.82) is 0 Å². The van der Waals surface area contributed by atoms with Gasteiger partial charge < -0.3 is 19.6 Å². The molecule has 0 aliphatic carbocycles. The van der Waals surface area contributed by atoms with Crippen molar-refractivity contribution in [3.05, 3.63) is 72.0 Å². The van der Waals surface area contributed by atoms with Gasteiger partial charge in [-0.15, -0.1) is 0 Å². The minimum atomic E-state index is -1.14. The number of benzene rings is 2. The normalized spacial score (nSPS) is 10.3. The molecule has 0 radical (unpaired) electrons. The molecule has 0 saturated carbocycles. The SMILES string of the molecule is COc1cc(NC(=O)c2ccccc2)ccc1-c1ccc(C(=O)O)o1. The number of anilines is 1. The van der Waals surface area contributed by atoms with Crippen LogP contribution in [-0.2, 0) is 0 Å². The number of hydrogen-bond donors (Lipinski definition) is 2. The second-order valence-corrected chi connectivity index (χ2v) is 5.20. The van der Waals surface area contributed by atoms with E-state index in [1.807, 2.05) is 6.07 Å². The number of ether oxygens (including phenoxy) is 1. The second-order valence-electron chi connectivity index (χ2n) is 5.20. The van der Waals surface area contributed by atoms with E-state index in [0.717, 1.165) is 0 Å². The predicted octanol–water partition coefficient (Wildman–Crippen LogP) is 3.91. The van der Waals surface area contributed by atoms with Crippen LogP contribution in [-0.4, -0.2) is 24.1 Å². The van der Waals surface area contributed by atoms with Gasteiger partial charge in [0, 0.05) is 17.3 Å². The Labute approximate surface area is 143 Å². The lowest BCUT2D eigenvalue weighted by atomic mass is 10.1. The smallest absolute Gasteiger partial charge is 0.371 e. The highest BCUT2D eigenvalue weighted by Gasteiger charge is 2.15. The Hall–Kier alpha value is -3.54. The zero-order valence-corrected chi connectivity index (χ0v) is 13.4. The summed E-state index contributed by atoms with van der Waals surface area (Å²) < 4.78 is 10.6. The molecular weight excluding hydrogens is 322 g/mol. The summed E-state index contributed by atoms with van der Waals surface area (Å²) in [6.07, 6.45) is 0. The van der Waals surface area contributed by atoms with Gasteiger partial charge in [-0.2, -0.15) is 0 Å². The maximum atomic E-state index is 12.2. The molecule has 1 amide bonds. The van der Waals surface area contributed by atoms with E-state index >= 15 is 0 Å². The average molecular weight is 337 g/mol. The third-order valence-corrected chi connectivity index (χ3v) is 3.58. The number of nitrogens with one attached hydrogen (secondary N) is 1. The number of carbonyl (C=O) groups excluding carboxylic acids is 1. The van der Waals surface area contributed by atoms with Gasteiger partial charge in [-0.05, 0) is 36.4 Å². The molecule has 6 heteroatoms. The minimum Gasteiger partial charge on any atom is -0.496 e. The first-order valence-corrected chi connectivity index (χ1v) is 7.46. The molecule has 0 bridgehead atoms. The number of carboxylic acids is 1. The third-order valence-electron chi connectivity index (χ3n) is 3.58. The molecule has 6 nitrogen and oxygen atoms in total. The topological polar surface area (TPSA) is 88.8 Å². The van der Waals surface area contributed by atoms with E-state index in [0.29, 0.717) is 28.3 Å². The first kappa shape index (κ1) is 16.3. The summed E-state index contributed by atoms with van der Waals surface area (Å²) in [5.74, 6) is -0.704. The Morgan fingerprint density at radius 1 is 1.04 bits per heavy atom. The molecule has 1 aromatic heterocycles. The number of furan rings is 1. The highest BCUT2D eigenvalue weighted by molar-refractivity contribution is 6.04. The fourth-order valence-corrected chi connectivity index (χ4v) is 2.36. The monoisotopic (exact) mass is 337 g/mol. The first-order chi connectivity index (χ1) is 12.1. The first-order valence-electron chi connectivity index (χ1n) is 7.46. The van der Waals surface area contributed by atoms with Crippen molar-refractivity contribution < 1.29 is 23.8 Å². The second kappa shape index (κ2) is 6.92. The number of aromatic carboxylic acids is 1. The Bertz CT molecular complexity index is 915. The molecule has 2 aromatic carbocycles. The van der Waals surface area contributed by atoms with Crippen LogP contribution in [0.25, 0.3) is 11.3 Å². The van der Waals surface area contributed by atoms with Crippen LogP contribution in [0.4, 0.5) is 5.69 Å². The van der Waals surface area contributed by atoms with Gasteiger partial charge in [0.2, 0.25) is 5.76 Å². The number of carbonyl (C=O) groups is 2. The zero-order valence-electron chi connectivity index (χ0n) is 13.4. The van der Waals surface area contributed by atoms with Crippen molar-refractivity contribution in [3.8, 4) is 17.1 Å². The highest BCUT2D eigenvalue weighted by atomic mass is 16.5. The van der Waals surface area contributed by atoms with Crippen molar-refractivity contribution in [2.24, 2.45) is 0 Å². The molecule has 25 heavy (non-hydrogen) atoms. The van der Waals surface area contributed by atoms with E-state index in [2.05, 4.69) is 5.32 Å². The summed E-state index contributed by atoms with van der Waals surface area (Å²) in [4.78, 5) is 23.1. The number of hydrogen-bond acceptors (Lipinski definition) is 4. The Morgan fingerprint density at radius 2 is 1.80 bits per heavy atom. The van der Waals surface area contributed by atoms with E-state index in [1.165, 1.54) is 13.2 Å². The lowest BCUT2D eigenvalue weighted by molar-refractivity contribution is 0.0663. The standard InChI is InChI=1S/C19H15NO5/c1-24-17-11-13(20-18(21)12-5-3-2-4-6-12)7-8-14(17)15-9-10-16(25-15)19(22)23/h2-11H,1H3,(H,20,21)(H,22,23). The van der Waals surface area contributed by atoms with Crippen LogP contribution in [0.5, 0.6) is 5.75 Å². The molecule has 0 fully saturated rings. The van der Waals surface area contributed by atoms with Crippen LogP contribution in [0.3, 0.4) is 0 Å². The van der Waals surface area contributed by atoms with Crippen LogP contribution in [0.2, 0.25) is 0 Å². The van der Waals surface area contributed by atoms with Gasteiger partial charge in [-0.3, -0.25) is 4.79 Å². The molecule has 0 aliphatic heterocycles. The van der Waals surface area contributed by atoms with E-state index in [-0.39, 0.29) is 11.7 Å². The van der Waals surface area contributed by atoms with Crippen LogP contribution >= 0.6 is 0 Å². The maximum Gasteiger partial charge on any atom is 0.371 e. The molecule has 126 valence electrons. The van der Waals surface area contributed by atoms with Crippen LogP contribution in [0, 0.1) is 0 Å². The van der Waals surface area contributed by atoms with Gasteiger partial charge in [0.25, 0.3) is 5.91 Å². The molecule has 3 rings (SSSR count). The van der Waals surface area contributed by atoms with Gasteiger partial charge in [0.1, 0.15) is 11.5 Å². The molecule has 0 saturated heterocycles. The van der Waals surface area contributed by atoms with Crippen LogP contribution < -0.4 is 10.1 Å². The van der Waals surface area contributed by atoms with Crippen molar-refractivity contribution in [2.45, 2.75) is 0 Å². The van der Waals surface area contributed by atoms with E-state index in [1.54, 1.807) is 48.5 Å². The van der Waals surface area contributed by atoms with Crippen LogP contribution in [0.1, 0.15) is 20.9 Å². The molecule has 0 unspecified atom stereocenters. The summed E-state index contributed by atoms with van der Waals surface area (Å²) in [7, 11) is 1.49. The minimum absolute atomic E-state index is 0.154. The fraction of sp³-hybridized carbons (Fsp3) is 0.0526. The average Bonchev–Trinajstić information content (AvgIpc) is 3.12. The zero-order chi connectivity index (χ0) is 17.8. The Morgan fingerprint density at radius 3 is 2.44 bits per heavy atom. The Balaban J connectivity index is 1.86. The fourth-order valence-electron chi connectivity index (χ4n) is 2.36. The lowest BCUT2D eigenvalue weighted by Crippen LogP contribution is -2.11. The summed E-state index contributed by atoms with van der Waals surface area (Å²) >= 11 is 0. The van der Waals surface area contributed by atoms with Crippen LogP contribution in [0.15, 0.2) is 65.1 Å². The molecule has 0 spiro atoms. The number of rotatable bonds is 5. The summed E-state index contributed by atoms with van der Waals surface area (Å²) in [6.45, 7) is 0. The Kier molecular flexibility index (Phi) is 4.52. The highest BCUT2D eigenvalue weighted by Crippen LogP contribution is 2.33. The maximum absolute atomic E-state index is 12.2. The number of amides is 1. The van der Waals surface area contributed by atoms with Gasteiger partial charge in [0.05, 0.1) is 12.7 Å². The van der Waals surface area contributed by atoms with E-state index in [9.17, 15) is 9.59 Å². The number of carboxylic acid groups (broad SMARTS) is 1. The molecule has 1 heterocycles.